The summed E-state index contributed by atoms with van der Waals surface area (Å²) >= 11 is 0. The number of hydrogen-bond acceptors (Lipinski definition) is 3. The minimum atomic E-state index is -0.322. The second-order valence-corrected chi connectivity index (χ2v) is 5.02. The average Bonchev–Trinajstić information content (AvgIpc) is 3.01. The third-order valence-electron chi connectivity index (χ3n) is 3.53. The molecular formula is C18H16N2O2. The summed E-state index contributed by atoms with van der Waals surface area (Å²) in [4.78, 5) is 11.4. The van der Waals surface area contributed by atoms with E-state index in [0.29, 0.717) is 5.56 Å². The standard InChI is InChI=1S/C18H16N2O2/c1-20-12-11-17(19-20)15-7-3-13(4-8-15)14-5-9-16(10-6-14)18(21)22-2/h3-12H,1-2H3. The molecular weight excluding hydrogens is 276 g/mol. The molecule has 2 aromatic carbocycles. The molecule has 1 heterocycles. The Balaban J connectivity index is 1.85. The monoisotopic (exact) mass is 292 g/mol. The highest BCUT2D eigenvalue weighted by Crippen LogP contribution is 2.24. The van der Waals surface area contributed by atoms with Crippen LogP contribution < -0.4 is 0 Å². The molecule has 4 nitrogen and oxygen atoms in total. The number of ether oxygens (including phenoxy) is 1. The first-order valence-electron chi connectivity index (χ1n) is 6.96. The molecule has 0 bridgehead atoms. The Hall–Kier alpha value is -2.88. The molecule has 0 radical (unpaired) electrons. The topological polar surface area (TPSA) is 44.1 Å². The molecule has 0 N–H and O–H groups in total. The van der Waals surface area contributed by atoms with Gasteiger partial charge in [0.15, 0.2) is 0 Å². The zero-order valence-electron chi connectivity index (χ0n) is 12.5. The van der Waals surface area contributed by atoms with Crippen molar-refractivity contribution in [2.24, 2.45) is 7.05 Å². The molecule has 0 aliphatic heterocycles. The first-order chi connectivity index (χ1) is 10.7. The number of carbonyl (C=O) groups excluding carboxylic acids is 1. The molecule has 0 fully saturated rings. The number of carbonyl (C=O) groups is 1. The van der Waals surface area contributed by atoms with Gasteiger partial charge in [-0.2, -0.15) is 5.10 Å². The second-order valence-electron chi connectivity index (χ2n) is 5.02. The Morgan fingerprint density at radius 1 is 0.909 bits per heavy atom. The van der Waals surface area contributed by atoms with Gasteiger partial charge in [0.2, 0.25) is 0 Å². The van der Waals surface area contributed by atoms with Crippen molar-refractivity contribution in [3.63, 3.8) is 0 Å². The lowest BCUT2D eigenvalue weighted by Crippen LogP contribution is -2.00. The highest BCUT2D eigenvalue weighted by molar-refractivity contribution is 5.90. The van der Waals surface area contributed by atoms with Gasteiger partial charge in [0.1, 0.15) is 0 Å². The highest BCUT2D eigenvalue weighted by atomic mass is 16.5. The molecule has 0 amide bonds. The molecule has 1 aromatic heterocycles. The van der Waals surface area contributed by atoms with Crippen LogP contribution in [0.4, 0.5) is 0 Å². The van der Waals surface area contributed by atoms with Crippen LogP contribution in [0.2, 0.25) is 0 Å². The van der Waals surface area contributed by atoms with Gasteiger partial charge in [0, 0.05) is 18.8 Å². The van der Waals surface area contributed by atoms with Gasteiger partial charge < -0.3 is 4.74 Å². The summed E-state index contributed by atoms with van der Waals surface area (Å²) < 4.78 is 6.49. The van der Waals surface area contributed by atoms with Crippen LogP contribution in [0.1, 0.15) is 10.4 Å². The summed E-state index contributed by atoms with van der Waals surface area (Å²) in [5.41, 5.74) is 4.73. The van der Waals surface area contributed by atoms with E-state index in [2.05, 4.69) is 17.2 Å². The average molecular weight is 292 g/mol. The van der Waals surface area contributed by atoms with Crippen LogP contribution in [0, 0.1) is 0 Å². The summed E-state index contributed by atoms with van der Waals surface area (Å²) in [6.45, 7) is 0. The van der Waals surface area contributed by atoms with Crippen molar-refractivity contribution in [3.05, 3.63) is 66.4 Å². The van der Waals surface area contributed by atoms with Gasteiger partial charge in [-0.3, -0.25) is 4.68 Å². The molecule has 4 heteroatoms. The third kappa shape index (κ3) is 2.76. The lowest BCUT2D eigenvalue weighted by atomic mass is 10.0. The fourth-order valence-corrected chi connectivity index (χ4v) is 2.32. The van der Waals surface area contributed by atoms with Gasteiger partial charge in [-0.05, 0) is 29.3 Å². The molecule has 0 saturated carbocycles. The third-order valence-corrected chi connectivity index (χ3v) is 3.53. The summed E-state index contributed by atoms with van der Waals surface area (Å²) in [7, 11) is 3.29. The molecule has 110 valence electrons. The van der Waals surface area contributed by atoms with Crippen LogP contribution in [0.15, 0.2) is 60.8 Å². The zero-order chi connectivity index (χ0) is 15.5. The fourth-order valence-electron chi connectivity index (χ4n) is 2.32. The largest absolute Gasteiger partial charge is 0.465 e. The van der Waals surface area contributed by atoms with Crippen LogP contribution in [-0.2, 0) is 11.8 Å². The zero-order valence-corrected chi connectivity index (χ0v) is 12.5. The van der Waals surface area contributed by atoms with E-state index in [9.17, 15) is 4.79 Å². The molecule has 0 atom stereocenters. The number of nitrogens with zero attached hydrogens (tertiary/aromatic N) is 2. The van der Waals surface area contributed by atoms with Crippen LogP contribution in [0.5, 0.6) is 0 Å². The van der Waals surface area contributed by atoms with Crippen molar-refractivity contribution in [2.75, 3.05) is 7.11 Å². The van der Waals surface area contributed by atoms with Crippen molar-refractivity contribution in [3.8, 4) is 22.4 Å². The number of hydrogen-bond donors (Lipinski definition) is 0. The van der Waals surface area contributed by atoms with Crippen LogP contribution in [0.3, 0.4) is 0 Å². The number of methoxy groups -OCH3 is 1. The van der Waals surface area contributed by atoms with Gasteiger partial charge in [-0.25, -0.2) is 4.79 Å². The lowest BCUT2D eigenvalue weighted by Gasteiger charge is -2.05. The molecule has 0 saturated heterocycles. The number of esters is 1. The van der Waals surface area contributed by atoms with Crippen molar-refractivity contribution < 1.29 is 9.53 Å². The van der Waals surface area contributed by atoms with Crippen LogP contribution in [-0.4, -0.2) is 22.9 Å². The maximum absolute atomic E-state index is 11.4. The lowest BCUT2D eigenvalue weighted by molar-refractivity contribution is 0.0601. The van der Waals surface area contributed by atoms with Gasteiger partial charge in [-0.15, -0.1) is 0 Å². The van der Waals surface area contributed by atoms with Crippen LogP contribution >= 0.6 is 0 Å². The van der Waals surface area contributed by atoms with E-state index in [1.54, 1.807) is 16.8 Å². The minimum absolute atomic E-state index is 0.322. The smallest absolute Gasteiger partial charge is 0.337 e. The summed E-state index contributed by atoms with van der Waals surface area (Å²) in [6, 6.07) is 17.6. The van der Waals surface area contributed by atoms with Gasteiger partial charge in [-0.1, -0.05) is 36.4 Å². The van der Waals surface area contributed by atoms with Crippen molar-refractivity contribution in [1.82, 2.24) is 9.78 Å². The van der Waals surface area contributed by atoms with E-state index in [-0.39, 0.29) is 5.97 Å². The molecule has 0 aliphatic rings. The van der Waals surface area contributed by atoms with Gasteiger partial charge >= 0.3 is 5.97 Å². The van der Waals surface area contributed by atoms with E-state index in [1.807, 2.05) is 43.6 Å². The normalized spacial score (nSPS) is 10.5. The number of rotatable bonds is 3. The highest BCUT2D eigenvalue weighted by Gasteiger charge is 2.06. The minimum Gasteiger partial charge on any atom is -0.465 e. The molecule has 0 spiro atoms. The van der Waals surface area contributed by atoms with E-state index >= 15 is 0 Å². The van der Waals surface area contributed by atoms with Gasteiger partial charge in [0.05, 0.1) is 18.4 Å². The maximum atomic E-state index is 11.4. The number of aromatic nitrogens is 2. The van der Waals surface area contributed by atoms with Crippen molar-refractivity contribution in [1.29, 1.82) is 0 Å². The van der Waals surface area contributed by atoms with Crippen LogP contribution in [0.25, 0.3) is 22.4 Å². The predicted molar refractivity (Wildman–Crippen MR) is 85.4 cm³/mol. The maximum Gasteiger partial charge on any atom is 0.337 e. The summed E-state index contributed by atoms with van der Waals surface area (Å²) in [5.74, 6) is -0.322. The van der Waals surface area contributed by atoms with Crippen molar-refractivity contribution in [2.45, 2.75) is 0 Å². The van der Waals surface area contributed by atoms with E-state index in [4.69, 9.17) is 4.74 Å². The summed E-state index contributed by atoms with van der Waals surface area (Å²) in [6.07, 6.45) is 1.93. The Morgan fingerprint density at radius 2 is 1.45 bits per heavy atom. The first kappa shape index (κ1) is 14.1. The number of benzene rings is 2. The molecule has 3 aromatic rings. The molecule has 22 heavy (non-hydrogen) atoms. The Morgan fingerprint density at radius 3 is 1.95 bits per heavy atom. The molecule has 3 rings (SSSR count). The van der Waals surface area contributed by atoms with E-state index < -0.39 is 0 Å². The van der Waals surface area contributed by atoms with Crippen molar-refractivity contribution >= 4 is 5.97 Å². The number of aryl methyl sites for hydroxylation is 1. The predicted octanol–water partition coefficient (Wildman–Crippen LogP) is 3.54. The second kappa shape index (κ2) is 5.85. The Kier molecular flexibility index (Phi) is 3.74. The summed E-state index contributed by atoms with van der Waals surface area (Å²) in [5, 5.41) is 4.39. The Bertz CT molecular complexity index is 787. The first-order valence-corrected chi connectivity index (χ1v) is 6.96. The van der Waals surface area contributed by atoms with Gasteiger partial charge in [0.25, 0.3) is 0 Å². The van der Waals surface area contributed by atoms with E-state index in [1.165, 1.54) is 7.11 Å². The van der Waals surface area contributed by atoms with E-state index in [0.717, 1.165) is 22.4 Å². The SMILES string of the molecule is COC(=O)c1ccc(-c2ccc(-c3ccn(C)n3)cc2)cc1. The Labute approximate surface area is 129 Å². The molecule has 0 unspecified atom stereocenters. The molecule has 0 aliphatic carbocycles. The fraction of sp³-hybridized carbons (Fsp3) is 0.111. The quantitative estimate of drug-likeness (QED) is 0.693.